The fourth-order valence-electron chi connectivity index (χ4n) is 3.89. The number of aromatic nitrogens is 2. The predicted molar refractivity (Wildman–Crippen MR) is 133 cm³/mol. The van der Waals surface area contributed by atoms with Crippen molar-refractivity contribution in [2.75, 3.05) is 51.6 Å². The molecule has 0 atom stereocenters. The predicted octanol–water partition coefficient (Wildman–Crippen LogP) is 3.67. The molecule has 1 saturated heterocycles. The number of carbonyl (C=O) groups is 1. The zero-order valence-corrected chi connectivity index (χ0v) is 20.5. The van der Waals surface area contributed by atoms with Gasteiger partial charge in [0.1, 0.15) is 5.69 Å². The first kappa shape index (κ1) is 21.8. The Morgan fingerprint density at radius 3 is 2.84 bits per heavy atom. The lowest BCUT2D eigenvalue weighted by Crippen LogP contribution is -2.45. The van der Waals surface area contributed by atoms with E-state index in [1.165, 1.54) is 0 Å². The Morgan fingerprint density at radius 1 is 1.25 bits per heavy atom. The molecule has 32 heavy (non-hydrogen) atoms. The van der Waals surface area contributed by atoms with Crippen LogP contribution >= 0.6 is 27.3 Å². The Bertz CT molecular complexity index is 1120. The zero-order chi connectivity index (χ0) is 22.1. The van der Waals surface area contributed by atoms with Gasteiger partial charge < -0.3 is 15.5 Å². The minimum absolute atomic E-state index is 0.00969. The van der Waals surface area contributed by atoms with Gasteiger partial charge in [0.05, 0.1) is 9.35 Å². The molecule has 0 radical (unpaired) electrons. The number of carbonyl (C=O) groups excluding carboxylic acids is 1. The van der Waals surface area contributed by atoms with Crippen LogP contribution in [-0.2, 0) is 0 Å². The molecule has 2 aromatic heterocycles. The van der Waals surface area contributed by atoms with E-state index < -0.39 is 0 Å². The summed E-state index contributed by atoms with van der Waals surface area (Å²) in [5.41, 5.74) is 1.57. The van der Waals surface area contributed by atoms with E-state index in [-0.39, 0.29) is 5.91 Å². The normalized spacial score (nSPS) is 17.6. The summed E-state index contributed by atoms with van der Waals surface area (Å²) in [6.07, 6.45) is 3.95. The molecule has 3 heterocycles. The van der Waals surface area contributed by atoms with Gasteiger partial charge in [-0.1, -0.05) is 6.07 Å². The summed E-state index contributed by atoms with van der Waals surface area (Å²) < 4.78 is 1.93. The van der Waals surface area contributed by atoms with Crippen LogP contribution in [0.25, 0.3) is 20.7 Å². The molecule has 5 rings (SSSR count). The maximum atomic E-state index is 12.7. The molecule has 0 bridgehead atoms. The van der Waals surface area contributed by atoms with Crippen molar-refractivity contribution >= 4 is 49.2 Å². The van der Waals surface area contributed by atoms with Gasteiger partial charge in [-0.15, -0.1) is 11.3 Å². The summed E-state index contributed by atoms with van der Waals surface area (Å²) in [4.78, 5) is 27.8. The fourth-order valence-corrected chi connectivity index (χ4v) is 5.52. The van der Waals surface area contributed by atoms with E-state index in [4.69, 9.17) is 4.98 Å². The fraction of sp³-hybridized carbons (Fsp3) is 0.435. The maximum absolute atomic E-state index is 12.7. The van der Waals surface area contributed by atoms with E-state index in [1.54, 1.807) is 17.5 Å². The lowest BCUT2D eigenvalue weighted by molar-refractivity contribution is 0.0953. The molecule has 1 aliphatic carbocycles. The van der Waals surface area contributed by atoms with E-state index in [9.17, 15) is 4.79 Å². The third-order valence-corrected chi connectivity index (χ3v) is 7.69. The number of amides is 1. The molecule has 7 nitrogen and oxygen atoms in total. The molecule has 0 unspecified atom stereocenters. The lowest BCUT2D eigenvalue weighted by atomic mass is 10.1. The van der Waals surface area contributed by atoms with Gasteiger partial charge in [-0.25, -0.2) is 9.97 Å². The molecule has 1 aliphatic heterocycles. The topological polar surface area (TPSA) is 73.4 Å². The molecule has 2 N–H and O–H groups in total. The quantitative estimate of drug-likeness (QED) is 0.501. The van der Waals surface area contributed by atoms with E-state index in [0.29, 0.717) is 12.0 Å². The number of hydrogen-bond donors (Lipinski definition) is 2. The molecule has 2 fully saturated rings. The second-order valence-electron chi connectivity index (χ2n) is 8.54. The third kappa shape index (κ3) is 4.96. The van der Waals surface area contributed by atoms with E-state index in [1.807, 2.05) is 12.1 Å². The minimum atomic E-state index is 0.00969. The van der Waals surface area contributed by atoms with Crippen LogP contribution in [0.1, 0.15) is 23.2 Å². The lowest BCUT2D eigenvalue weighted by Gasteiger charge is -2.32. The van der Waals surface area contributed by atoms with Crippen LogP contribution < -0.4 is 10.6 Å². The Morgan fingerprint density at radius 2 is 2.06 bits per heavy atom. The van der Waals surface area contributed by atoms with Crippen molar-refractivity contribution in [2.24, 2.45) is 0 Å². The highest BCUT2D eigenvalue weighted by Crippen LogP contribution is 2.37. The SMILES string of the molecule is CN1CCN(CCNc2ncc(Br)c(-c3cc4c(C(=O)NC5CC5)cccc4s3)n2)CC1. The van der Waals surface area contributed by atoms with E-state index in [0.717, 1.165) is 82.8 Å². The Balaban J connectivity index is 1.32. The standard InChI is InChI=1S/C23H27BrN6OS/c1-29-9-11-30(12-10-29)8-7-25-23-26-14-18(24)21(28-23)20-13-17-16(3-2-4-19(17)32-20)22(31)27-15-5-6-15/h2-4,13-15H,5-12H2,1H3,(H,27,31)(H,25,26,28). The summed E-state index contributed by atoms with van der Waals surface area (Å²) in [5, 5.41) is 7.45. The van der Waals surface area contributed by atoms with Crippen LogP contribution in [0.4, 0.5) is 5.95 Å². The van der Waals surface area contributed by atoms with Gasteiger partial charge in [-0.05, 0) is 54.0 Å². The number of nitrogens with zero attached hydrogens (tertiary/aromatic N) is 4. The summed E-state index contributed by atoms with van der Waals surface area (Å²) in [5.74, 6) is 0.636. The third-order valence-electron chi connectivity index (χ3n) is 6.00. The number of rotatable bonds is 7. The smallest absolute Gasteiger partial charge is 0.252 e. The number of thiophene rings is 1. The summed E-state index contributed by atoms with van der Waals surface area (Å²) in [6, 6.07) is 8.32. The second kappa shape index (κ2) is 9.43. The van der Waals surface area contributed by atoms with Gasteiger partial charge in [0.15, 0.2) is 0 Å². The first-order chi connectivity index (χ1) is 15.6. The molecule has 3 aromatic rings. The highest BCUT2D eigenvalue weighted by Gasteiger charge is 2.25. The van der Waals surface area contributed by atoms with E-state index in [2.05, 4.69) is 60.5 Å². The molecular weight excluding hydrogens is 488 g/mol. The van der Waals surface area contributed by atoms with Crippen molar-refractivity contribution < 1.29 is 4.79 Å². The molecule has 1 saturated carbocycles. The van der Waals surface area contributed by atoms with Crippen molar-refractivity contribution in [2.45, 2.75) is 18.9 Å². The number of piperazine rings is 1. The monoisotopic (exact) mass is 514 g/mol. The minimum Gasteiger partial charge on any atom is -0.353 e. The van der Waals surface area contributed by atoms with Crippen LogP contribution in [0, 0.1) is 0 Å². The van der Waals surface area contributed by atoms with Crippen LogP contribution in [0.15, 0.2) is 34.9 Å². The number of nitrogens with one attached hydrogen (secondary N) is 2. The van der Waals surface area contributed by atoms with Crippen molar-refractivity contribution in [3.05, 3.63) is 40.5 Å². The van der Waals surface area contributed by atoms with Gasteiger partial charge in [-0.3, -0.25) is 9.69 Å². The van der Waals surface area contributed by atoms with Crippen LogP contribution in [0.2, 0.25) is 0 Å². The Labute approximate surface area is 200 Å². The molecule has 9 heteroatoms. The highest BCUT2D eigenvalue weighted by atomic mass is 79.9. The number of hydrogen-bond acceptors (Lipinski definition) is 7. The first-order valence-electron chi connectivity index (χ1n) is 11.1. The van der Waals surface area contributed by atoms with Gasteiger partial charge in [0.25, 0.3) is 5.91 Å². The molecular formula is C23H27BrN6OS. The van der Waals surface area contributed by atoms with Crippen LogP contribution in [0.3, 0.4) is 0 Å². The van der Waals surface area contributed by atoms with Gasteiger partial charge in [-0.2, -0.15) is 0 Å². The Kier molecular flexibility index (Phi) is 6.41. The summed E-state index contributed by atoms with van der Waals surface area (Å²) in [6.45, 7) is 6.22. The van der Waals surface area contributed by atoms with Crippen molar-refractivity contribution in [3.8, 4) is 10.6 Å². The average Bonchev–Trinajstić information content (AvgIpc) is 3.50. The first-order valence-corrected chi connectivity index (χ1v) is 12.7. The molecule has 1 amide bonds. The van der Waals surface area contributed by atoms with Crippen LogP contribution in [0.5, 0.6) is 0 Å². The summed E-state index contributed by atoms with van der Waals surface area (Å²) >= 11 is 5.26. The number of benzene rings is 1. The van der Waals surface area contributed by atoms with Crippen LogP contribution in [-0.4, -0.2) is 78.0 Å². The van der Waals surface area contributed by atoms with Crippen molar-refractivity contribution in [1.29, 1.82) is 0 Å². The summed E-state index contributed by atoms with van der Waals surface area (Å²) in [7, 11) is 2.17. The van der Waals surface area contributed by atoms with Gasteiger partial charge in [0, 0.05) is 67.2 Å². The number of likely N-dealkylation sites (N-methyl/N-ethyl adjacent to an activating group) is 1. The van der Waals surface area contributed by atoms with Gasteiger partial charge >= 0.3 is 0 Å². The molecule has 0 spiro atoms. The zero-order valence-electron chi connectivity index (χ0n) is 18.1. The van der Waals surface area contributed by atoms with Crippen molar-refractivity contribution in [3.63, 3.8) is 0 Å². The second-order valence-corrected chi connectivity index (χ2v) is 10.5. The van der Waals surface area contributed by atoms with Gasteiger partial charge in [0.2, 0.25) is 5.95 Å². The van der Waals surface area contributed by atoms with E-state index >= 15 is 0 Å². The maximum Gasteiger partial charge on any atom is 0.252 e. The largest absolute Gasteiger partial charge is 0.353 e. The Hall–Kier alpha value is -2.07. The molecule has 2 aliphatic rings. The molecule has 168 valence electrons. The van der Waals surface area contributed by atoms with Crippen molar-refractivity contribution in [1.82, 2.24) is 25.1 Å². The number of anilines is 1. The highest BCUT2D eigenvalue weighted by molar-refractivity contribution is 9.10. The molecule has 1 aromatic carbocycles. The average molecular weight is 515 g/mol. The number of fused-ring (bicyclic) bond motifs is 1. The number of halogens is 1.